The quantitative estimate of drug-likeness (QED) is 0.469. The van der Waals surface area contributed by atoms with Gasteiger partial charge in [0, 0.05) is 12.1 Å². The third-order valence-electron chi connectivity index (χ3n) is 1.59. The van der Waals surface area contributed by atoms with Crippen molar-refractivity contribution >= 4 is 17.7 Å². The number of halogens is 1. The molecule has 0 aliphatic heterocycles. The number of carboxylic acids is 1. The fraction of sp³-hybridized carbons (Fsp3) is 0. The SMILES string of the molecule is O=C(O)C=Cc1ccc(F)c([N+](=O)[O-])c1. The van der Waals surface area contributed by atoms with Gasteiger partial charge in [0.15, 0.2) is 0 Å². The number of carbonyl (C=O) groups is 1. The fourth-order valence-corrected chi connectivity index (χ4v) is 0.941. The maximum Gasteiger partial charge on any atom is 0.328 e. The lowest BCUT2D eigenvalue weighted by atomic mass is 10.2. The standard InChI is InChI=1S/C9H6FNO4/c10-7-3-1-6(2-4-9(12)13)5-8(7)11(14)15/h1-5H,(H,12,13). The van der Waals surface area contributed by atoms with Gasteiger partial charge in [-0.2, -0.15) is 4.39 Å². The monoisotopic (exact) mass is 211 g/mol. The molecule has 0 unspecified atom stereocenters. The first kappa shape index (κ1) is 10.8. The average Bonchev–Trinajstić information content (AvgIpc) is 2.16. The number of carboxylic acid groups (broad SMARTS) is 1. The van der Waals surface area contributed by atoms with Gasteiger partial charge in [0.1, 0.15) is 0 Å². The highest BCUT2D eigenvalue weighted by Gasteiger charge is 2.13. The summed E-state index contributed by atoms with van der Waals surface area (Å²) in [5, 5.41) is 18.7. The van der Waals surface area contributed by atoms with Crippen molar-refractivity contribution < 1.29 is 19.2 Å². The van der Waals surface area contributed by atoms with Crippen molar-refractivity contribution in [3.05, 3.63) is 45.8 Å². The summed E-state index contributed by atoms with van der Waals surface area (Å²) < 4.78 is 12.8. The molecule has 15 heavy (non-hydrogen) atoms. The molecule has 78 valence electrons. The van der Waals surface area contributed by atoms with E-state index in [1.165, 1.54) is 6.07 Å². The molecule has 0 spiro atoms. The first-order valence-electron chi connectivity index (χ1n) is 3.85. The number of nitro benzene ring substituents is 1. The lowest BCUT2D eigenvalue weighted by Crippen LogP contribution is -1.93. The van der Waals surface area contributed by atoms with Crippen LogP contribution < -0.4 is 0 Å². The Morgan fingerprint density at radius 3 is 2.73 bits per heavy atom. The molecular formula is C9H6FNO4. The molecule has 0 aliphatic rings. The summed E-state index contributed by atoms with van der Waals surface area (Å²) in [6.07, 6.45) is 1.96. The van der Waals surface area contributed by atoms with E-state index in [1.807, 2.05) is 0 Å². The Labute approximate surface area is 83.6 Å². The van der Waals surface area contributed by atoms with Crippen LogP contribution in [0, 0.1) is 15.9 Å². The van der Waals surface area contributed by atoms with Crippen LogP contribution >= 0.6 is 0 Å². The number of benzene rings is 1. The number of hydrogen-bond donors (Lipinski definition) is 1. The predicted octanol–water partition coefficient (Wildman–Crippen LogP) is 1.83. The number of aliphatic carboxylic acids is 1. The number of hydrogen-bond acceptors (Lipinski definition) is 3. The minimum Gasteiger partial charge on any atom is -0.478 e. The summed E-state index contributed by atoms with van der Waals surface area (Å²) >= 11 is 0. The van der Waals surface area contributed by atoms with Gasteiger partial charge in [-0.05, 0) is 17.7 Å². The summed E-state index contributed by atoms with van der Waals surface area (Å²) in [5.74, 6) is -2.13. The maximum absolute atomic E-state index is 12.8. The lowest BCUT2D eigenvalue weighted by molar-refractivity contribution is -0.387. The molecule has 0 aromatic heterocycles. The Hall–Kier alpha value is -2.24. The third-order valence-corrected chi connectivity index (χ3v) is 1.59. The summed E-state index contributed by atoms with van der Waals surface area (Å²) in [4.78, 5) is 19.6. The molecule has 0 fully saturated rings. The molecule has 6 heteroatoms. The van der Waals surface area contributed by atoms with E-state index in [9.17, 15) is 19.3 Å². The van der Waals surface area contributed by atoms with E-state index in [2.05, 4.69) is 0 Å². The van der Waals surface area contributed by atoms with E-state index < -0.39 is 22.4 Å². The minimum atomic E-state index is -1.18. The Morgan fingerprint density at radius 2 is 2.20 bits per heavy atom. The molecule has 0 bridgehead atoms. The van der Waals surface area contributed by atoms with Gasteiger partial charge >= 0.3 is 11.7 Å². The van der Waals surface area contributed by atoms with Crippen molar-refractivity contribution in [1.82, 2.24) is 0 Å². The van der Waals surface area contributed by atoms with Crippen molar-refractivity contribution in [2.45, 2.75) is 0 Å². The first-order chi connectivity index (χ1) is 7.00. The van der Waals surface area contributed by atoms with Gasteiger partial charge in [0.25, 0.3) is 0 Å². The smallest absolute Gasteiger partial charge is 0.328 e. The molecule has 0 heterocycles. The highest BCUT2D eigenvalue weighted by atomic mass is 19.1. The van der Waals surface area contributed by atoms with Gasteiger partial charge < -0.3 is 5.11 Å². The molecular weight excluding hydrogens is 205 g/mol. The van der Waals surface area contributed by atoms with E-state index in [-0.39, 0.29) is 5.56 Å². The topological polar surface area (TPSA) is 80.4 Å². The van der Waals surface area contributed by atoms with Crippen LogP contribution in [-0.4, -0.2) is 16.0 Å². The molecule has 0 aliphatic carbocycles. The third kappa shape index (κ3) is 2.87. The highest BCUT2D eigenvalue weighted by molar-refractivity contribution is 5.85. The molecule has 5 nitrogen and oxygen atoms in total. The highest BCUT2D eigenvalue weighted by Crippen LogP contribution is 2.19. The second-order valence-electron chi connectivity index (χ2n) is 2.64. The number of nitro groups is 1. The zero-order valence-corrected chi connectivity index (χ0v) is 7.38. The summed E-state index contributed by atoms with van der Waals surface area (Å²) in [6, 6.07) is 3.14. The summed E-state index contributed by atoms with van der Waals surface area (Å²) in [7, 11) is 0. The van der Waals surface area contributed by atoms with Crippen LogP contribution in [-0.2, 0) is 4.79 Å². The van der Waals surface area contributed by atoms with Gasteiger partial charge in [0.2, 0.25) is 5.82 Å². The lowest BCUT2D eigenvalue weighted by Gasteiger charge is -1.95. The van der Waals surface area contributed by atoms with E-state index in [1.54, 1.807) is 0 Å². The van der Waals surface area contributed by atoms with Gasteiger partial charge in [-0.25, -0.2) is 4.79 Å². The summed E-state index contributed by atoms with van der Waals surface area (Å²) in [5.41, 5.74) is -0.423. The fourth-order valence-electron chi connectivity index (χ4n) is 0.941. The Bertz CT molecular complexity index is 442. The van der Waals surface area contributed by atoms with Crippen LogP contribution in [0.3, 0.4) is 0 Å². The van der Waals surface area contributed by atoms with Crippen LogP contribution in [0.15, 0.2) is 24.3 Å². The van der Waals surface area contributed by atoms with E-state index in [0.29, 0.717) is 0 Å². The van der Waals surface area contributed by atoms with Gasteiger partial charge in [-0.1, -0.05) is 6.07 Å². The largest absolute Gasteiger partial charge is 0.478 e. The van der Waals surface area contributed by atoms with Crippen molar-refractivity contribution in [3.63, 3.8) is 0 Å². The predicted molar refractivity (Wildman–Crippen MR) is 49.7 cm³/mol. The number of nitrogens with zero attached hydrogens (tertiary/aromatic N) is 1. The van der Waals surface area contributed by atoms with Crippen molar-refractivity contribution in [2.75, 3.05) is 0 Å². The van der Waals surface area contributed by atoms with E-state index >= 15 is 0 Å². The molecule has 0 saturated carbocycles. The van der Waals surface area contributed by atoms with E-state index in [4.69, 9.17) is 5.11 Å². The van der Waals surface area contributed by atoms with Crippen LogP contribution in [0.2, 0.25) is 0 Å². The van der Waals surface area contributed by atoms with E-state index in [0.717, 1.165) is 24.3 Å². The first-order valence-corrected chi connectivity index (χ1v) is 3.85. The summed E-state index contributed by atoms with van der Waals surface area (Å²) in [6.45, 7) is 0. The van der Waals surface area contributed by atoms with Gasteiger partial charge in [-0.15, -0.1) is 0 Å². The van der Waals surface area contributed by atoms with Crippen LogP contribution in [0.5, 0.6) is 0 Å². The van der Waals surface area contributed by atoms with Crippen LogP contribution in [0.25, 0.3) is 6.08 Å². The Morgan fingerprint density at radius 1 is 1.53 bits per heavy atom. The zero-order chi connectivity index (χ0) is 11.4. The van der Waals surface area contributed by atoms with Crippen molar-refractivity contribution in [1.29, 1.82) is 0 Å². The molecule has 1 aromatic rings. The molecule has 1 aromatic carbocycles. The van der Waals surface area contributed by atoms with Gasteiger partial charge in [-0.3, -0.25) is 10.1 Å². The second kappa shape index (κ2) is 4.32. The molecule has 1 rings (SSSR count). The molecule has 0 amide bonds. The molecule has 0 radical (unpaired) electrons. The van der Waals surface area contributed by atoms with Crippen LogP contribution in [0.1, 0.15) is 5.56 Å². The molecule has 0 atom stereocenters. The van der Waals surface area contributed by atoms with Gasteiger partial charge in [0.05, 0.1) is 4.92 Å². The molecule has 0 saturated heterocycles. The zero-order valence-electron chi connectivity index (χ0n) is 7.38. The Kier molecular flexibility index (Phi) is 3.12. The average molecular weight is 211 g/mol. The van der Waals surface area contributed by atoms with Crippen molar-refractivity contribution in [2.24, 2.45) is 0 Å². The molecule has 1 N–H and O–H groups in total. The normalized spacial score (nSPS) is 10.5. The Balaban J connectivity index is 3.08. The second-order valence-corrected chi connectivity index (χ2v) is 2.64. The minimum absolute atomic E-state index is 0.255. The number of rotatable bonds is 3. The van der Waals surface area contributed by atoms with Crippen molar-refractivity contribution in [3.8, 4) is 0 Å². The maximum atomic E-state index is 12.8. The van der Waals surface area contributed by atoms with Crippen LogP contribution in [0.4, 0.5) is 10.1 Å².